The van der Waals surface area contributed by atoms with Crippen molar-refractivity contribution in [1.29, 1.82) is 0 Å². The Morgan fingerprint density at radius 2 is 1.92 bits per heavy atom. The third-order valence-corrected chi connectivity index (χ3v) is 6.34. The standard InChI is InChI=1S/C16H17BrClN3O3S/c17-13-8-19-16(20-9-13)24-15-2-1-7-21(10-15)25(22,23)11-12-3-5-14(18)6-4-12/h3-6,8-9,15H,1-2,7,10-11H2/t15-/m1/s1. The molecule has 1 saturated heterocycles. The Morgan fingerprint density at radius 3 is 2.60 bits per heavy atom. The molecule has 1 aromatic heterocycles. The molecular weight excluding hydrogens is 430 g/mol. The molecule has 1 aliphatic rings. The van der Waals surface area contributed by atoms with Gasteiger partial charge < -0.3 is 4.74 Å². The van der Waals surface area contributed by atoms with E-state index in [9.17, 15) is 8.42 Å². The molecule has 1 atom stereocenters. The molecule has 3 rings (SSSR count). The van der Waals surface area contributed by atoms with Crippen molar-refractivity contribution in [3.63, 3.8) is 0 Å². The molecule has 0 aliphatic carbocycles. The molecule has 25 heavy (non-hydrogen) atoms. The Labute approximate surface area is 160 Å². The van der Waals surface area contributed by atoms with E-state index in [4.69, 9.17) is 16.3 Å². The van der Waals surface area contributed by atoms with E-state index in [1.807, 2.05) is 0 Å². The minimum absolute atomic E-state index is 0.0499. The highest BCUT2D eigenvalue weighted by Crippen LogP contribution is 2.21. The molecule has 0 spiro atoms. The van der Waals surface area contributed by atoms with Gasteiger partial charge in [0.1, 0.15) is 6.10 Å². The summed E-state index contributed by atoms with van der Waals surface area (Å²) in [4.78, 5) is 8.15. The first-order valence-corrected chi connectivity index (χ1v) is 10.6. The number of piperidine rings is 1. The van der Waals surface area contributed by atoms with Crippen LogP contribution in [0.3, 0.4) is 0 Å². The van der Waals surface area contributed by atoms with Gasteiger partial charge >= 0.3 is 6.01 Å². The number of ether oxygens (including phenoxy) is 1. The van der Waals surface area contributed by atoms with E-state index in [-0.39, 0.29) is 17.9 Å². The summed E-state index contributed by atoms with van der Waals surface area (Å²) in [6, 6.07) is 7.10. The molecule has 0 bridgehead atoms. The second-order valence-electron chi connectivity index (χ2n) is 5.81. The van der Waals surface area contributed by atoms with Crippen LogP contribution in [0.1, 0.15) is 18.4 Å². The fraction of sp³-hybridized carbons (Fsp3) is 0.375. The minimum Gasteiger partial charge on any atom is -0.459 e. The largest absolute Gasteiger partial charge is 0.459 e. The molecule has 1 fully saturated rings. The summed E-state index contributed by atoms with van der Waals surface area (Å²) in [5, 5.41) is 0.585. The average molecular weight is 447 g/mol. The molecule has 0 saturated carbocycles. The van der Waals surface area contributed by atoms with Gasteiger partial charge in [0.2, 0.25) is 10.0 Å². The first kappa shape index (κ1) is 18.6. The van der Waals surface area contributed by atoms with Gasteiger partial charge in [-0.2, -0.15) is 4.31 Å². The Balaban J connectivity index is 1.65. The van der Waals surface area contributed by atoms with Crippen LogP contribution in [0.4, 0.5) is 0 Å². The molecule has 6 nitrogen and oxygen atoms in total. The summed E-state index contributed by atoms with van der Waals surface area (Å²) in [6.07, 6.45) is 4.45. The monoisotopic (exact) mass is 445 g/mol. The molecule has 9 heteroatoms. The summed E-state index contributed by atoms with van der Waals surface area (Å²) in [5.41, 5.74) is 0.712. The van der Waals surface area contributed by atoms with Crippen LogP contribution in [0.2, 0.25) is 5.02 Å². The van der Waals surface area contributed by atoms with Crippen molar-refractivity contribution in [2.75, 3.05) is 13.1 Å². The second-order valence-corrected chi connectivity index (χ2v) is 9.13. The van der Waals surface area contributed by atoms with Crippen molar-refractivity contribution >= 4 is 37.6 Å². The molecule has 0 unspecified atom stereocenters. The summed E-state index contributed by atoms with van der Waals surface area (Å²) >= 11 is 9.11. The van der Waals surface area contributed by atoms with E-state index in [0.29, 0.717) is 23.7 Å². The lowest BCUT2D eigenvalue weighted by atomic mass is 10.1. The van der Waals surface area contributed by atoms with E-state index >= 15 is 0 Å². The number of aromatic nitrogens is 2. The van der Waals surface area contributed by atoms with Gasteiger partial charge in [-0.3, -0.25) is 0 Å². The molecule has 0 N–H and O–H groups in total. The zero-order chi connectivity index (χ0) is 17.9. The maximum atomic E-state index is 12.7. The van der Waals surface area contributed by atoms with Gasteiger partial charge in [0.25, 0.3) is 0 Å². The Hall–Kier alpha value is -1.22. The van der Waals surface area contributed by atoms with Crippen molar-refractivity contribution in [2.24, 2.45) is 0 Å². The van der Waals surface area contributed by atoms with Crippen molar-refractivity contribution in [1.82, 2.24) is 14.3 Å². The van der Waals surface area contributed by atoms with E-state index in [1.54, 1.807) is 36.7 Å². The van der Waals surface area contributed by atoms with Crippen LogP contribution in [0, 0.1) is 0 Å². The highest BCUT2D eigenvalue weighted by molar-refractivity contribution is 9.10. The predicted octanol–water partition coefficient (Wildman–Crippen LogP) is 3.27. The summed E-state index contributed by atoms with van der Waals surface area (Å²) in [6.45, 7) is 0.798. The van der Waals surface area contributed by atoms with Crippen LogP contribution in [-0.2, 0) is 15.8 Å². The number of hydrogen-bond donors (Lipinski definition) is 0. The number of hydrogen-bond acceptors (Lipinski definition) is 5. The molecule has 0 amide bonds. The molecule has 1 aliphatic heterocycles. The predicted molar refractivity (Wildman–Crippen MR) is 99.0 cm³/mol. The number of sulfonamides is 1. The number of benzene rings is 1. The maximum Gasteiger partial charge on any atom is 0.316 e. The molecule has 134 valence electrons. The first-order chi connectivity index (χ1) is 11.9. The van der Waals surface area contributed by atoms with Gasteiger partial charge in [0.05, 0.1) is 16.8 Å². The van der Waals surface area contributed by atoms with Crippen LogP contribution in [0.25, 0.3) is 0 Å². The molecule has 2 aromatic rings. The number of halogens is 2. The van der Waals surface area contributed by atoms with Gasteiger partial charge in [-0.25, -0.2) is 18.4 Å². The smallest absolute Gasteiger partial charge is 0.316 e. The van der Waals surface area contributed by atoms with Crippen LogP contribution < -0.4 is 4.74 Å². The highest BCUT2D eigenvalue weighted by atomic mass is 79.9. The van der Waals surface area contributed by atoms with E-state index < -0.39 is 10.0 Å². The molecule has 2 heterocycles. The van der Waals surface area contributed by atoms with Gasteiger partial charge in [0, 0.05) is 24.0 Å². The lowest BCUT2D eigenvalue weighted by molar-refractivity contribution is 0.119. The van der Waals surface area contributed by atoms with Crippen LogP contribution in [-0.4, -0.2) is 41.9 Å². The molecular formula is C16H17BrClN3O3S. The van der Waals surface area contributed by atoms with Crippen LogP contribution in [0.5, 0.6) is 6.01 Å². The summed E-state index contributed by atoms with van der Waals surface area (Å²) in [5.74, 6) is -0.0499. The van der Waals surface area contributed by atoms with Crippen molar-refractivity contribution < 1.29 is 13.2 Å². The van der Waals surface area contributed by atoms with Gasteiger partial charge in [0.15, 0.2) is 0 Å². The van der Waals surface area contributed by atoms with Crippen molar-refractivity contribution in [3.8, 4) is 6.01 Å². The Morgan fingerprint density at radius 1 is 1.24 bits per heavy atom. The SMILES string of the molecule is O=S(=O)(Cc1ccc(Cl)cc1)N1CCC[C@@H](Oc2ncc(Br)cn2)C1. The zero-order valence-corrected chi connectivity index (χ0v) is 16.5. The highest BCUT2D eigenvalue weighted by Gasteiger charge is 2.30. The van der Waals surface area contributed by atoms with Gasteiger partial charge in [-0.05, 0) is 46.5 Å². The Bertz CT molecular complexity index is 816. The van der Waals surface area contributed by atoms with Crippen LogP contribution >= 0.6 is 27.5 Å². The quantitative estimate of drug-likeness (QED) is 0.705. The topological polar surface area (TPSA) is 72.4 Å². The first-order valence-electron chi connectivity index (χ1n) is 7.79. The fourth-order valence-electron chi connectivity index (χ4n) is 2.65. The number of rotatable bonds is 5. The van der Waals surface area contributed by atoms with Crippen molar-refractivity contribution in [3.05, 3.63) is 51.7 Å². The normalized spacial score (nSPS) is 18.9. The van der Waals surface area contributed by atoms with E-state index in [2.05, 4.69) is 25.9 Å². The minimum atomic E-state index is -3.42. The zero-order valence-electron chi connectivity index (χ0n) is 13.3. The summed E-state index contributed by atoms with van der Waals surface area (Å²) in [7, 11) is -3.42. The molecule has 1 aromatic carbocycles. The lowest BCUT2D eigenvalue weighted by Crippen LogP contribution is -2.44. The average Bonchev–Trinajstić information content (AvgIpc) is 2.59. The second kappa shape index (κ2) is 7.99. The Kier molecular flexibility index (Phi) is 5.93. The van der Waals surface area contributed by atoms with Crippen molar-refractivity contribution in [2.45, 2.75) is 24.7 Å². The fourth-order valence-corrected chi connectivity index (χ4v) is 4.57. The third kappa shape index (κ3) is 5.13. The van der Waals surface area contributed by atoms with Gasteiger partial charge in [-0.1, -0.05) is 23.7 Å². The van der Waals surface area contributed by atoms with E-state index in [0.717, 1.165) is 17.3 Å². The van der Waals surface area contributed by atoms with E-state index in [1.165, 1.54) is 4.31 Å². The summed E-state index contributed by atoms with van der Waals surface area (Å²) < 4.78 is 33.3. The third-order valence-electron chi connectivity index (χ3n) is 3.87. The molecule has 0 radical (unpaired) electrons. The van der Waals surface area contributed by atoms with Gasteiger partial charge in [-0.15, -0.1) is 0 Å². The maximum absolute atomic E-state index is 12.7. The van der Waals surface area contributed by atoms with Crippen LogP contribution in [0.15, 0.2) is 41.1 Å². The lowest BCUT2D eigenvalue weighted by Gasteiger charge is -2.31. The number of nitrogens with zero attached hydrogens (tertiary/aromatic N) is 3.